The number of nitrogens with one attached hydrogen (secondary N) is 1. The van der Waals surface area contributed by atoms with Crippen molar-refractivity contribution in [3.8, 4) is 16.9 Å². The molecule has 1 aliphatic heterocycles. The molecule has 0 radical (unpaired) electrons. The van der Waals surface area contributed by atoms with E-state index in [4.69, 9.17) is 22.2 Å². The van der Waals surface area contributed by atoms with Gasteiger partial charge in [-0.1, -0.05) is 42.4 Å². The number of anilines is 2. The Morgan fingerprint density at radius 1 is 1.18 bits per heavy atom. The van der Waals surface area contributed by atoms with E-state index in [1.165, 1.54) is 12.3 Å². The molecule has 3 aromatic rings. The second-order valence-electron chi connectivity index (χ2n) is 8.86. The van der Waals surface area contributed by atoms with Crippen LogP contribution in [0.1, 0.15) is 19.0 Å². The van der Waals surface area contributed by atoms with E-state index in [0.717, 1.165) is 28.4 Å². The molecule has 0 unspecified atom stereocenters. The Bertz CT molecular complexity index is 1420. The number of amidine groups is 1. The predicted molar refractivity (Wildman–Crippen MR) is 158 cm³/mol. The van der Waals surface area contributed by atoms with E-state index in [1.807, 2.05) is 30.3 Å². The molecule has 1 aliphatic rings. The van der Waals surface area contributed by atoms with Crippen LogP contribution in [-0.4, -0.2) is 58.5 Å². The Morgan fingerprint density at radius 2 is 1.98 bits per heavy atom. The molecule has 1 fully saturated rings. The Kier molecular flexibility index (Phi) is 9.85. The first kappa shape index (κ1) is 28.8. The van der Waals surface area contributed by atoms with Crippen LogP contribution in [-0.2, 0) is 4.74 Å². The molecule has 1 aromatic heterocycles. The number of hydrazine groups is 1. The fourth-order valence-electron chi connectivity index (χ4n) is 3.92. The highest BCUT2D eigenvalue weighted by Gasteiger charge is 2.19. The van der Waals surface area contributed by atoms with Crippen LogP contribution in [0, 0.1) is 0 Å². The summed E-state index contributed by atoms with van der Waals surface area (Å²) in [6, 6.07) is 18.3. The van der Waals surface area contributed by atoms with E-state index in [2.05, 4.69) is 27.0 Å². The summed E-state index contributed by atoms with van der Waals surface area (Å²) < 4.78 is 20.1. The smallest absolute Gasteiger partial charge is 0.167 e. The molecule has 1 saturated heterocycles. The molecule has 2 heterocycles. The predicted octanol–water partition coefficient (Wildman–Crippen LogP) is 5.83. The highest BCUT2D eigenvalue weighted by molar-refractivity contribution is 6.32. The quantitative estimate of drug-likeness (QED) is 0.104. The van der Waals surface area contributed by atoms with Crippen LogP contribution in [0.3, 0.4) is 0 Å². The number of aromatic hydroxyl groups is 1. The summed E-state index contributed by atoms with van der Waals surface area (Å²) in [7, 11) is 0. The number of aromatic nitrogens is 1. The largest absolute Gasteiger partial charge is 0.508 e. The van der Waals surface area contributed by atoms with Crippen LogP contribution in [0.4, 0.5) is 15.8 Å². The van der Waals surface area contributed by atoms with Crippen LogP contribution in [0.2, 0.25) is 5.15 Å². The summed E-state index contributed by atoms with van der Waals surface area (Å²) in [6.45, 7) is 7.63. The van der Waals surface area contributed by atoms with Crippen molar-refractivity contribution in [2.24, 2.45) is 15.9 Å². The van der Waals surface area contributed by atoms with E-state index in [-0.39, 0.29) is 22.6 Å². The van der Waals surface area contributed by atoms with Gasteiger partial charge in [-0.05, 0) is 66.9 Å². The molecule has 0 saturated carbocycles. The summed E-state index contributed by atoms with van der Waals surface area (Å²) in [5.41, 5.74) is 3.76. The summed E-state index contributed by atoms with van der Waals surface area (Å²) >= 11 is 6.41. The maximum absolute atomic E-state index is 14.6. The number of phenolic OH excluding ortho intramolecular Hbond substituents is 1. The molecular weight excluding hydrogens is 533 g/mol. The molecular formula is C29H31ClFN7O2. The zero-order valence-electron chi connectivity index (χ0n) is 22.1. The van der Waals surface area contributed by atoms with Gasteiger partial charge in [-0.3, -0.25) is 0 Å². The summed E-state index contributed by atoms with van der Waals surface area (Å²) in [5, 5.41) is 18.3. The first-order chi connectivity index (χ1) is 19.3. The monoisotopic (exact) mass is 563 g/mol. The van der Waals surface area contributed by atoms with Gasteiger partial charge in [-0.15, -0.1) is 0 Å². The number of rotatable bonds is 8. The Labute approximate surface area is 237 Å². The number of nitrogens with zero attached hydrogens (tertiary/aromatic N) is 5. The third kappa shape index (κ3) is 7.66. The maximum atomic E-state index is 14.6. The van der Waals surface area contributed by atoms with Crippen LogP contribution in [0.5, 0.6) is 5.75 Å². The fraction of sp³-hybridized carbons (Fsp3) is 0.207. The van der Waals surface area contributed by atoms with E-state index in [1.54, 1.807) is 42.2 Å². The molecule has 208 valence electrons. The normalized spacial score (nSPS) is 14.8. The average Bonchev–Trinajstić information content (AvgIpc) is 3.25. The Morgan fingerprint density at radius 3 is 2.70 bits per heavy atom. The molecule has 0 spiro atoms. The van der Waals surface area contributed by atoms with Gasteiger partial charge in [0.2, 0.25) is 0 Å². The number of hydrazone groups is 1. The average molecular weight is 564 g/mol. The molecule has 0 atom stereocenters. The lowest BCUT2D eigenvalue weighted by molar-refractivity contribution is 0.147. The second kappa shape index (κ2) is 13.7. The molecule has 2 aromatic carbocycles. The van der Waals surface area contributed by atoms with Crippen molar-refractivity contribution >= 4 is 35.0 Å². The van der Waals surface area contributed by atoms with Gasteiger partial charge in [-0.25, -0.2) is 20.2 Å². The van der Waals surface area contributed by atoms with Gasteiger partial charge in [0.15, 0.2) is 22.6 Å². The van der Waals surface area contributed by atoms with Gasteiger partial charge in [0.25, 0.3) is 0 Å². The zero-order valence-corrected chi connectivity index (χ0v) is 22.9. The fourth-order valence-corrected chi connectivity index (χ4v) is 4.13. The lowest BCUT2D eigenvalue weighted by Crippen LogP contribution is -2.35. The minimum Gasteiger partial charge on any atom is -0.508 e. The Hall–Kier alpha value is -4.25. The van der Waals surface area contributed by atoms with Crippen LogP contribution >= 0.6 is 11.6 Å². The van der Waals surface area contributed by atoms with Gasteiger partial charge in [0.1, 0.15) is 5.75 Å². The highest BCUT2D eigenvalue weighted by Crippen LogP contribution is 2.27. The number of phenols is 1. The summed E-state index contributed by atoms with van der Waals surface area (Å²) in [4.78, 5) is 10.5. The van der Waals surface area contributed by atoms with Crippen molar-refractivity contribution in [3.05, 3.63) is 95.8 Å². The second-order valence-corrected chi connectivity index (χ2v) is 9.22. The van der Waals surface area contributed by atoms with Crippen molar-refractivity contribution in [3.63, 3.8) is 0 Å². The molecule has 0 bridgehead atoms. The number of halogens is 2. The summed E-state index contributed by atoms with van der Waals surface area (Å²) in [5.74, 6) is 5.92. The van der Waals surface area contributed by atoms with Crippen molar-refractivity contribution < 1.29 is 14.2 Å². The van der Waals surface area contributed by atoms with Crippen molar-refractivity contribution in [1.82, 2.24) is 15.0 Å². The van der Waals surface area contributed by atoms with Crippen molar-refractivity contribution in [2.75, 3.05) is 31.6 Å². The van der Waals surface area contributed by atoms with E-state index in [9.17, 15) is 9.50 Å². The highest BCUT2D eigenvalue weighted by atomic mass is 35.5. The first-order valence-corrected chi connectivity index (χ1v) is 13.1. The van der Waals surface area contributed by atoms with Gasteiger partial charge in [0, 0.05) is 25.4 Å². The van der Waals surface area contributed by atoms with E-state index >= 15 is 0 Å². The van der Waals surface area contributed by atoms with Gasteiger partial charge in [0.05, 0.1) is 24.2 Å². The van der Waals surface area contributed by atoms with Gasteiger partial charge in [-0.2, -0.15) is 10.2 Å². The molecule has 0 aliphatic carbocycles. The molecule has 40 heavy (non-hydrogen) atoms. The lowest BCUT2D eigenvalue weighted by atomic mass is 10.1. The third-order valence-electron chi connectivity index (χ3n) is 6.02. The topological polar surface area (TPSA) is 112 Å². The number of hydrogen-bond donors (Lipinski definition) is 3. The standard InChI is InChI=1S/C29H31ClFN7O2/c1-3-26(31)29(37-14-5-16-40-17-15-37)34-20(2)38(32)33-19-24-12-13-27(28(30)36-24)35-23-10-8-21(9-11-23)22-6-4-7-25(39)18-22/h3-4,6-13,18-19,35,39H,2,5,14-17,32H2,1H3/b26-3+,33-19+,34-29+. The minimum absolute atomic E-state index is 0.0481. The molecule has 11 heteroatoms. The van der Waals surface area contributed by atoms with Crippen LogP contribution in [0.25, 0.3) is 11.1 Å². The lowest BCUT2D eigenvalue weighted by Gasteiger charge is -2.23. The number of allylic oxidation sites excluding steroid dienone is 1. The number of ether oxygens (including phenoxy) is 1. The van der Waals surface area contributed by atoms with Crippen LogP contribution < -0.4 is 11.2 Å². The summed E-state index contributed by atoms with van der Waals surface area (Å²) in [6.07, 6.45) is 3.51. The van der Waals surface area contributed by atoms with Gasteiger partial charge < -0.3 is 20.1 Å². The maximum Gasteiger partial charge on any atom is 0.167 e. The number of pyridine rings is 1. The van der Waals surface area contributed by atoms with E-state index < -0.39 is 5.83 Å². The molecule has 0 amide bonds. The number of benzene rings is 2. The van der Waals surface area contributed by atoms with Crippen molar-refractivity contribution in [1.29, 1.82) is 0 Å². The van der Waals surface area contributed by atoms with Crippen molar-refractivity contribution in [2.45, 2.75) is 13.3 Å². The van der Waals surface area contributed by atoms with Gasteiger partial charge >= 0.3 is 0 Å². The SMILES string of the molecule is C=C(/N=C(\C(F)=C/C)N1CCCOCC1)N(N)/N=C/c1ccc(Nc2ccc(-c3cccc(O)c3)cc2)c(Cl)n1. The Balaban J connectivity index is 1.41. The number of aliphatic imine (C=N–C) groups is 1. The minimum atomic E-state index is -0.481. The molecule has 4 rings (SSSR count). The zero-order chi connectivity index (χ0) is 28.5. The van der Waals surface area contributed by atoms with E-state index in [0.29, 0.717) is 37.7 Å². The third-order valence-corrected chi connectivity index (χ3v) is 6.30. The molecule has 9 nitrogen and oxygen atoms in total. The first-order valence-electron chi connectivity index (χ1n) is 12.7. The number of hydrogen-bond acceptors (Lipinski definition) is 8. The molecule has 4 N–H and O–H groups in total. The number of nitrogens with two attached hydrogens (primary N) is 1. The van der Waals surface area contributed by atoms with Crippen LogP contribution in [0.15, 0.2) is 95.1 Å².